The van der Waals surface area contributed by atoms with Gasteiger partial charge in [-0.05, 0) is 86.8 Å². The minimum Gasteiger partial charge on any atom is -0.507 e. The molecule has 3 aromatic rings. The van der Waals surface area contributed by atoms with Crippen LogP contribution in [-0.4, -0.2) is 37.0 Å². The van der Waals surface area contributed by atoms with Crippen molar-refractivity contribution >= 4 is 40.4 Å². The Morgan fingerprint density at radius 1 is 1.00 bits per heavy atom. The van der Waals surface area contributed by atoms with Crippen LogP contribution >= 0.6 is 11.6 Å². The molecular weight excluding hydrogens is 488 g/mol. The van der Waals surface area contributed by atoms with E-state index in [1.54, 1.807) is 37.4 Å². The number of carbonyl (C=O) groups is 2. The molecule has 0 aromatic heterocycles. The zero-order valence-corrected chi connectivity index (χ0v) is 22.5. The Labute approximate surface area is 222 Å². The van der Waals surface area contributed by atoms with E-state index in [2.05, 4.69) is 18.7 Å². The number of nitrogens with zero attached hydrogens (tertiary/aromatic N) is 2. The summed E-state index contributed by atoms with van der Waals surface area (Å²) in [4.78, 5) is 30.5. The molecular formula is C30H31ClN2O4. The lowest BCUT2D eigenvalue weighted by Gasteiger charge is -2.27. The molecule has 0 saturated carbocycles. The van der Waals surface area contributed by atoms with E-state index in [1.807, 2.05) is 44.2 Å². The number of carbonyl (C=O) groups excluding carboxylic acids is 2. The number of aliphatic hydroxyl groups is 1. The Morgan fingerprint density at radius 3 is 2.27 bits per heavy atom. The molecule has 7 heteroatoms. The van der Waals surface area contributed by atoms with Crippen molar-refractivity contribution in [3.8, 4) is 5.75 Å². The van der Waals surface area contributed by atoms with Gasteiger partial charge in [-0.25, -0.2) is 0 Å². The van der Waals surface area contributed by atoms with Crippen molar-refractivity contribution in [2.45, 2.75) is 33.7 Å². The number of ether oxygens (including phenoxy) is 1. The summed E-state index contributed by atoms with van der Waals surface area (Å²) in [5, 5.41) is 12.0. The predicted octanol–water partition coefficient (Wildman–Crippen LogP) is 6.44. The Hall–Kier alpha value is -3.77. The number of ketones is 1. The second-order valence-electron chi connectivity index (χ2n) is 9.05. The number of aryl methyl sites for hydroxylation is 2. The SMILES string of the molecule is CCN(CC)c1ccc(C2/C(=C(\O)c3cc(C)c(OC)cc3C)C(=O)C(=O)N2c2cccc(Cl)c2)cc1. The molecule has 1 unspecified atom stereocenters. The van der Waals surface area contributed by atoms with Crippen LogP contribution in [0.15, 0.2) is 66.2 Å². The van der Waals surface area contributed by atoms with Gasteiger partial charge in [0.25, 0.3) is 11.7 Å². The fraction of sp³-hybridized carbons (Fsp3) is 0.267. The standard InChI is InChI=1S/C30H31ClN2O4/c1-6-32(7-2)22-13-11-20(12-14-22)27-26(28(34)24-15-19(4)25(37-5)16-18(24)3)29(35)30(36)33(27)23-10-8-9-21(31)17-23/h8-17,27,34H,6-7H2,1-5H3/b28-26+. The molecule has 0 spiro atoms. The van der Waals surface area contributed by atoms with Crippen LogP contribution < -0.4 is 14.5 Å². The third-order valence-corrected chi connectivity index (χ3v) is 7.10. The first-order valence-electron chi connectivity index (χ1n) is 12.3. The van der Waals surface area contributed by atoms with Crippen molar-refractivity contribution in [2.75, 3.05) is 30.0 Å². The van der Waals surface area contributed by atoms with Gasteiger partial charge in [0.1, 0.15) is 11.5 Å². The Bertz CT molecular complexity index is 1380. The van der Waals surface area contributed by atoms with Crippen molar-refractivity contribution in [2.24, 2.45) is 0 Å². The van der Waals surface area contributed by atoms with Crippen LogP contribution in [0.5, 0.6) is 5.75 Å². The summed E-state index contributed by atoms with van der Waals surface area (Å²) < 4.78 is 5.41. The number of benzene rings is 3. The molecule has 1 heterocycles. The summed E-state index contributed by atoms with van der Waals surface area (Å²) in [6, 6.07) is 17.3. The molecule has 1 amide bonds. The number of halogens is 1. The molecule has 1 N–H and O–H groups in total. The highest BCUT2D eigenvalue weighted by Gasteiger charge is 2.47. The largest absolute Gasteiger partial charge is 0.507 e. The number of aliphatic hydroxyl groups excluding tert-OH is 1. The van der Waals surface area contributed by atoms with Gasteiger partial charge in [0.2, 0.25) is 0 Å². The highest BCUT2D eigenvalue weighted by Crippen LogP contribution is 2.43. The van der Waals surface area contributed by atoms with Gasteiger partial charge in [0.15, 0.2) is 0 Å². The molecule has 3 aromatic carbocycles. The Morgan fingerprint density at radius 2 is 1.68 bits per heavy atom. The van der Waals surface area contributed by atoms with E-state index in [0.717, 1.165) is 29.9 Å². The molecule has 0 bridgehead atoms. The van der Waals surface area contributed by atoms with E-state index in [4.69, 9.17) is 16.3 Å². The van der Waals surface area contributed by atoms with Crippen LogP contribution in [0.2, 0.25) is 5.02 Å². The molecule has 37 heavy (non-hydrogen) atoms. The van der Waals surface area contributed by atoms with Crippen LogP contribution in [-0.2, 0) is 9.59 Å². The lowest BCUT2D eigenvalue weighted by molar-refractivity contribution is -0.132. The lowest BCUT2D eigenvalue weighted by Crippen LogP contribution is -2.29. The topological polar surface area (TPSA) is 70.1 Å². The van der Waals surface area contributed by atoms with Gasteiger partial charge in [-0.2, -0.15) is 0 Å². The monoisotopic (exact) mass is 518 g/mol. The highest BCUT2D eigenvalue weighted by molar-refractivity contribution is 6.51. The van der Waals surface area contributed by atoms with Crippen molar-refractivity contribution in [3.05, 3.63) is 93.5 Å². The van der Waals surface area contributed by atoms with Crippen molar-refractivity contribution in [1.29, 1.82) is 0 Å². The van der Waals surface area contributed by atoms with Gasteiger partial charge < -0.3 is 14.7 Å². The second kappa shape index (κ2) is 10.7. The van der Waals surface area contributed by atoms with Crippen LogP contribution in [0.25, 0.3) is 5.76 Å². The first kappa shape index (κ1) is 26.3. The molecule has 4 rings (SSSR count). The van der Waals surface area contributed by atoms with Crippen LogP contribution in [0.1, 0.15) is 42.1 Å². The van der Waals surface area contributed by atoms with Crippen molar-refractivity contribution in [3.63, 3.8) is 0 Å². The number of hydrogen-bond acceptors (Lipinski definition) is 5. The number of Topliss-reactive ketones (excluding diaryl/α,β-unsaturated/α-hetero) is 1. The van der Waals surface area contributed by atoms with E-state index >= 15 is 0 Å². The number of anilines is 2. The molecule has 6 nitrogen and oxygen atoms in total. The maximum atomic E-state index is 13.5. The third-order valence-electron chi connectivity index (χ3n) is 6.87. The highest BCUT2D eigenvalue weighted by atomic mass is 35.5. The lowest BCUT2D eigenvalue weighted by atomic mass is 9.92. The Balaban J connectivity index is 1.94. The molecule has 1 fully saturated rings. The van der Waals surface area contributed by atoms with Crippen molar-refractivity contribution < 1.29 is 19.4 Å². The Kier molecular flexibility index (Phi) is 7.60. The average Bonchev–Trinajstić information content (AvgIpc) is 3.16. The second-order valence-corrected chi connectivity index (χ2v) is 9.49. The van der Waals surface area contributed by atoms with Crippen LogP contribution in [0.3, 0.4) is 0 Å². The van der Waals surface area contributed by atoms with Crippen LogP contribution in [0.4, 0.5) is 11.4 Å². The first-order chi connectivity index (χ1) is 17.7. The smallest absolute Gasteiger partial charge is 0.300 e. The van der Waals surface area contributed by atoms with Gasteiger partial charge in [0.05, 0.1) is 18.7 Å². The van der Waals surface area contributed by atoms with Gasteiger partial charge >= 0.3 is 0 Å². The maximum absolute atomic E-state index is 13.5. The predicted molar refractivity (Wildman–Crippen MR) is 149 cm³/mol. The summed E-state index contributed by atoms with van der Waals surface area (Å²) in [6.45, 7) is 9.58. The fourth-order valence-electron chi connectivity index (χ4n) is 4.91. The van der Waals surface area contributed by atoms with E-state index in [-0.39, 0.29) is 11.3 Å². The number of rotatable bonds is 7. The van der Waals surface area contributed by atoms with Gasteiger partial charge in [-0.15, -0.1) is 0 Å². The van der Waals surface area contributed by atoms with Gasteiger partial charge in [0, 0.05) is 35.1 Å². The minimum atomic E-state index is -0.828. The maximum Gasteiger partial charge on any atom is 0.300 e. The average molecular weight is 519 g/mol. The molecule has 1 atom stereocenters. The summed E-state index contributed by atoms with van der Waals surface area (Å²) >= 11 is 6.25. The zero-order chi connectivity index (χ0) is 26.9. The molecule has 1 saturated heterocycles. The number of methoxy groups -OCH3 is 1. The summed E-state index contributed by atoms with van der Waals surface area (Å²) in [6.07, 6.45) is 0. The van der Waals surface area contributed by atoms with Crippen LogP contribution in [0, 0.1) is 13.8 Å². The quantitative estimate of drug-likeness (QED) is 0.221. The van der Waals surface area contributed by atoms with E-state index in [9.17, 15) is 14.7 Å². The van der Waals surface area contributed by atoms with E-state index in [0.29, 0.717) is 27.6 Å². The fourth-order valence-corrected chi connectivity index (χ4v) is 5.09. The summed E-state index contributed by atoms with van der Waals surface area (Å²) in [5.74, 6) is -1.01. The van der Waals surface area contributed by atoms with E-state index in [1.165, 1.54) is 4.90 Å². The molecule has 192 valence electrons. The first-order valence-corrected chi connectivity index (χ1v) is 12.7. The van der Waals surface area contributed by atoms with Gasteiger partial charge in [-0.3, -0.25) is 14.5 Å². The van der Waals surface area contributed by atoms with Crippen molar-refractivity contribution in [1.82, 2.24) is 0 Å². The minimum absolute atomic E-state index is 0.0354. The summed E-state index contributed by atoms with van der Waals surface area (Å²) in [5.41, 5.74) is 4.27. The molecule has 1 aliphatic rings. The molecule has 0 radical (unpaired) electrons. The van der Waals surface area contributed by atoms with Gasteiger partial charge in [-0.1, -0.05) is 29.8 Å². The zero-order valence-electron chi connectivity index (χ0n) is 21.7. The third kappa shape index (κ3) is 4.81. The normalized spacial score (nSPS) is 16.8. The number of amides is 1. The number of hydrogen-bond donors (Lipinski definition) is 1. The summed E-state index contributed by atoms with van der Waals surface area (Å²) in [7, 11) is 1.58. The molecule has 1 aliphatic heterocycles. The molecule has 0 aliphatic carbocycles. The van der Waals surface area contributed by atoms with E-state index < -0.39 is 17.7 Å².